The lowest BCUT2D eigenvalue weighted by Gasteiger charge is -2.31. The van der Waals surface area contributed by atoms with Crippen LogP contribution in [0.5, 0.6) is 0 Å². The Balaban J connectivity index is 1.94. The number of carbonyl (C=O) groups is 1. The molecule has 3 fully saturated rings. The summed E-state index contributed by atoms with van der Waals surface area (Å²) >= 11 is 0. The largest absolute Gasteiger partial charge is 0.299 e. The Morgan fingerprint density at radius 3 is 2.09 bits per heavy atom. The van der Waals surface area contributed by atoms with Crippen molar-refractivity contribution in [3.05, 3.63) is 12.2 Å². The van der Waals surface area contributed by atoms with Crippen LogP contribution in [0.2, 0.25) is 0 Å². The van der Waals surface area contributed by atoms with Gasteiger partial charge in [-0.05, 0) is 30.1 Å². The second kappa shape index (κ2) is 1.21. The molecule has 3 saturated carbocycles. The van der Waals surface area contributed by atoms with Crippen molar-refractivity contribution in [2.75, 3.05) is 0 Å². The van der Waals surface area contributed by atoms with E-state index < -0.39 is 0 Å². The highest BCUT2D eigenvalue weighted by atomic mass is 16.1. The molecule has 4 aliphatic carbocycles. The first-order chi connectivity index (χ1) is 5.38. The molecule has 0 heterocycles. The lowest BCUT2D eigenvalue weighted by Crippen LogP contribution is -2.26. The molecular formula is C10H10O. The molecule has 0 amide bonds. The van der Waals surface area contributed by atoms with Crippen LogP contribution in [-0.4, -0.2) is 5.78 Å². The zero-order valence-corrected chi connectivity index (χ0v) is 6.23. The molecule has 1 nitrogen and oxygen atoms in total. The Bertz CT molecular complexity index is 265. The predicted molar refractivity (Wildman–Crippen MR) is 39.7 cm³/mol. The molecule has 0 N–H and O–H groups in total. The van der Waals surface area contributed by atoms with Crippen molar-refractivity contribution in [3.8, 4) is 0 Å². The van der Waals surface area contributed by atoms with Gasteiger partial charge in [-0.3, -0.25) is 4.79 Å². The van der Waals surface area contributed by atoms with E-state index >= 15 is 0 Å². The van der Waals surface area contributed by atoms with Crippen molar-refractivity contribution in [2.24, 2.45) is 35.5 Å². The van der Waals surface area contributed by atoms with E-state index in [0.29, 0.717) is 29.5 Å². The van der Waals surface area contributed by atoms with Crippen LogP contribution in [0.25, 0.3) is 0 Å². The molecule has 1 heteroatoms. The molecule has 11 heavy (non-hydrogen) atoms. The van der Waals surface area contributed by atoms with Crippen molar-refractivity contribution >= 4 is 5.78 Å². The number of Topliss-reactive ketones (excluding diaryl/α,β-unsaturated/α-hetero) is 1. The fourth-order valence-corrected chi connectivity index (χ4v) is 3.74. The smallest absolute Gasteiger partial charge is 0.140 e. The number of hydrogen-bond acceptors (Lipinski definition) is 1. The number of fused-ring (bicyclic) bond motifs is 8. The Morgan fingerprint density at radius 2 is 1.64 bits per heavy atom. The standard InChI is InChI=1S/C10H10O/c11-10-8-4-1-2-5(4)9(10)7-3-6(7)8/h1-2,4-9H,3H2/t4-,5+,6-,7+,8+,9-. The lowest BCUT2D eigenvalue weighted by molar-refractivity contribution is -0.122. The van der Waals surface area contributed by atoms with Crippen molar-refractivity contribution in [1.29, 1.82) is 0 Å². The van der Waals surface area contributed by atoms with E-state index in [0.717, 1.165) is 11.8 Å². The van der Waals surface area contributed by atoms with E-state index in [-0.39, 0.29) is 0 Å². The van der Waals surface area contributed by atoms with E-state index in [2.05, 4.69) is 12.2 Å². The van der Waals surface area contributed by atoms with Crippen molar-refractivity contribution < 1.29 is 4.79 Å². The van der Waals surface area contributed by atoms with Crippen LogP contribution in [0.1, 0.15) is 6.42 Å². The fourth-order valence-electron chi connectivity index (χ4n) is 3.74. The summed E-state index contributed by atoms with van der Waals surface area (Å²) in [6.45, 7) is 0. The predicted octanol–water partition coefficient (Wildman–Crippen LogP) is 1.25. The Morgan fingerprint density at radius 1 is 1.09 bits per heavy atom. The average Bonchev–Trinajstić information content (AvgIpc) is 2.60. The monoisotopic (exact) mass is 146 g/mol. The van der Waals surface area contributed by atoms with E-state index in [9.17, 15) is 4.79 Å². The third-order valence-corrected chi connectivity index (χ3v) is 4.30. The number of hydrogen-bond donors (Lipinski definition) is 0. The fraction of sp³-hybridized carbons (Fsp3) is 0.700. The quantitative estimate of drug-likeness (QED) is 0.470. The second-order valence-corrected chi connectivity index (χ2v) is 4.56. The normalized spacial score (nSPS) is 67.5. The van der Waals surface area contributed by atoms with Crippen LogP contribution < -0.4 is 0 Å². The number of rotatable bonds is 0. The van der Waals surface area contributed by atoms with Gasteiger partial charge in [0.15, 0.2) is 0 Å². The molecular weight excluding hydrogens is 136 g/mol. The minimum Gasteiger partial charge on any atom is -0.299 e. The van der Waals surface area contributed by atoms with Gasteiger partial charge in [-0.1, -0.05) is 12.2 Å². The first kappa shape index (κ1) is 5.13. The summed E-state index contributed by atoms with van der Waals surface area (Å²) in [5.74, 6) is 4.64. The summed E-state index contributed by atoms with van der Waals surface area (Å²) in [5, 5.41) is 0. The Hall–Kier alpha value is -0.590. The molecule has 0 aromatic heterocycles. The van der Waals surface area contributed by atoms with Crippen molar-refractivity contribution in [1.82, 2.24) is 0 Å². The molecule has 4 aliphatic rings. The van der Waals surface area contributed by atoms with Crippen molar-refractivity contribution in [2.45, 2.75) is 6.42 Å². The average molecular weight is 146 g/mol. The van der Waals surface area contributed by atoms with E-state index in [1.54, 1.807) is 0 Å². The number of allylic oxidation sites excluding steroid dienone is 2. The van der Waals surface area contributed by atoms with E-state index in [4.69, 9.17) is 0 Å². The molecule has 0 aromatic carbocycles. The third kappa shape index (κ3) is 0.350. The highest BCUT2D eigenvalue weighted by Gasteiger charge is 2.70. The van der Waals surface area contributed by atoms with E-state index in [1.165, 1.54) is 6.42 Å². The molecule has 0 unspecified atom stereocenters. The summed E-state index contributed by atoms with van der Waals surface area (Å²) in [5.41, 5.74) is 0. The van der Waals surface area contributed by atoms with Gasteiger partial charge in [0, 0.05) is 11.8 Å². The van der Waals surface area contributed by atoms with Gasteiger partial charge in [-0.15, -0.1) is 0 Å². The molecule has 0 aromatic rings. The first-order valence-corrected chi connectivity index (χ1v) is 4.60. The lowest BCUT2D eigenvalue weighted by atomic mass is 9.72. The highest BCUT2D eigenvalue weighted by molar-refractivity contribution is 5.92. The van der Waals surface area contributed by atoms with Crippen LogP contribution in [0, 0.1) is 35.5 Å². The maximum atomic E-state index is 11.6. The number of ketones is 1. The SMILES string of the molecule is O=C1[C@@H]2[C@H]3C=C[C@H]3[C@H]1[C@@H]1C[C@@H]12. The molecule has 2 bridgehead atoms. The third-order valence-electron chi connectivity index (χ3n) is 4.30. The summed E-state index contributed by atoms with van der Waals surface area (Å²) < 4.78 is 0. The molecule has 0 aliphatic heterocycles. The van der Waals surface area contributed by atoms with Crippen LogP contribution in [0.15, 0.2) is 12.2 Å². The van der Waals surface area contributed by atoms with Crippen LogP contribution in [0.4, 0.5) is 0 Å². The maximum absolute atomic E-state index is 11.6. The summed E-state index contributed by atoms with van der Waals surface area (Å²) in [6.07, 6.45) is 5.90. The summed E-state index contributed by atoms with van der Waals surface area (Å²) in [6, 6.07) is 0. The zero-order chi connectivity index (χ0) is 7.16. The van der Waals surface area contributed by atoms with Crippen molar-refractivity contribution in [3.63, 3.8) is 0 Å². The van der Waals surface area contributed by atoms with Gasteiger partial charge < -0.3 is 0 Å². The van der Waals surface area contributed by atoms with Gasteiger partial charge in [-0.2, -0.15) is 0 Å². The zero-order valence-electron chi connectivity index (χ0n) is 6.23. The summed E-state index contributed by atoms with van der Waals surface area (Å²) in [4.78, 5) is 11.6. The molecule has 0 spiro atoms. The van der Waals surface area contributed by atoms with Gasteiger partial charge in [0.25, 0.3) is 0 Å². The van der Waals surface area contributed by atoms with Gasteiger partial charge in [0.2, 0.25) is 0 Å². The van der Waals surface area contributed by atoms with Gasteiger partial charge in [-0.25, -0.2) is 0 Å². The first-order valence-electron chi connectivity index (χ1n) is 4.60. The van der Waals surface area contributed by atoms with Crippen LogP contribution in [-0.2, 0) is 4.79 Å². The summed E-state index contributed by atoms with van der Waals surface area (Å²) in [7, 11) is 0. The minimum absolute atomic E-state index is 0.486. The molecule has 0 saturated heterocycles. The van der Waals surface area contributed by atoms with Crippen LogP contribution in [0.3, 0.4) is 0 Å². The second-order valence-electron chi connectivity index (χ2n) is 4.56. The molecule has 4 rings (SSSR count). The van der Waals surface area contributed by atoms with Gasteiger partial charge >= 0.3 is 0 Å². The topological polar surface area (TPSA) is 17.1 Å². The molecule has 56 valence electrons. The van der Waals surface area contributed by atoms with Gasteiger partial charge in [0.05, 0.1) is 0 Å². The van der Waals surface area contributed by atoms with Crippen LogP contribution >= 0.6 is 0 Å². The minimum atomic E-state index is 0.486. The van der Waals surface area contributed by atoms with E-state index in [1.807, 2.05) is 0 Å². The Kier molecular flexibility index (Phi) is 0.566. The molecule has 0 radical (unpaired) electrons. The Labute approximate surface area is 65.5 Å². The van der Waals surface area contributed by atoms with Gasteiger partial charge in [0.1, 0.15) is 5.78 Å². The maximum Gasteiger partial charge on any atom is 0.140 e. The highest BCUT2D eigenvalue weighted by Crippen LogP contribution is 2.70. The molecule has 6 atom stereocenters. The number of carbonyl (C=O) groups excluding carboxylic acids is 1.